The smallest absolute Gasteiger partial charge is 0.330 e. The largest absolute Gasteiger partial charge is 0.347 e. The van der Waals surface area contributed by atoms with E-state index in [0.29, 0.717) is 6.54 Å². The molecule has 0 spiro atoms. The van der Waals surface area contributed by atoms with E-state index in [0.717, 1.165) is 12.8 Å². The summed E-state index contributed by atoms with van der Waals surface area (Å²) < 4.78 is 1.40. The Morgan fingerprint density at radius 2 is 2.18 bits per heavy atom. The van der Waals surface area contributed by atoms with Crippen LogP contribution in [0.25, 0.3) is 0 Å². The fourth-order valence-electron chi connectivity index (χ4n) is 2.07. The van der Waals surface area contributed by atoms with Crippen LogP contribution in [0.2, 0.25) is 0 Å². The van der Waals surface area contributed by atoms with E-state index in [1.54, 1.807) is 31.4 Å². The summed E-state index contributed by atoms with van der Waals surface area (Å²) in [5, 5.41) is 0. The summed E-state index contributed by atoms with van der Waals surface area (Å²) in [5.74, 6) is -0.0176. The summed E-state index contributed by atoms with van der Waals surface area (Å²) in [4.78, 5) is 31.0. The molecule has 2 rings (SSSR count). The number of hydrogen-bond acceptors (Lipinski definition) is 3. The van der Waals surface area contributed by atoms with E-state index in [4.69, 9.17) is 0 Å². The van der Waals surface area contributed by atoms with Crippen molar-refractivity contribution in [1.29, 1.82) is 0 Å². The Kier molecular flexibility index (Phi) is 3.12. The van der Waals surface area contributed by atoms with E-state index in [1.807, 2.05) is 0 Å². The molecule has 0 bridgehead atoms. The number of imidazole rings is 1. The Hall–Kier alpha value is -1.85. The molecule has 17 heavy (non-hydrogen) atoms. The highest BCUT2D eigenvalue weighted by Gasteiger charge is 2.35. The zero-order chi connectivity index (χ0) is 12.4. The Bertz CT molecular complexity index is 413. The van der Waals surface area contributed by atoms with E-state index in [2.05, 4.69) is 4.98 Å². The minimum atomic E-state index is -0.333. The highest BCUT2D eigenvalue weighted by Crippen LogP contribution is 2.19. The Labute approximate surface area is 99.8 Å². The summed E-state index contributed by atoms with van der Waals surface area (Å²) in [7, 11) is 3.42. The second-order valence-corrected chi connectivity index (χ2v) is 4.34. The van der Waals surface area contributed by atoms with E-state index in [-0.39, 0.29) is 18.0 Å². The van der Waals surface area contributed by atoms with Gasteiger partial charge in [0.2, 0.25) is 5.91 Å². The van der Waals surface area contributed by atoms with Gasteiger partial charge in [-0.05, 0) is 12.8 Å². The number of rotatable bonds is 1. The van der Waals surface area contributed by atoms with E-state index in [1.165, 1.54) is 15.8 Å². The molecule has 0 radical (unpaired) electrons. The minimum absolute atomic E-state index is 0.0176. The molecule has 1 saturated heterocycles. The minimum Gasteiger partial charge on any atom is -0.347 e. The number of amides is 2. The van der Waals surface area contributed by atoms with Crippen molar-refractivity contribution in [2.24, 2.45) is 0 Å². The molecule has 6 heteroatoms. The van der Waals surface area contributed by atoms with Crippen LogP contribution in [0.15, 0.2) is 18.7 Å². The van der Waals surface area contributed by atoms with Crippen LogP contribution in [-0.4, -0.2) is 58.0 Å². The van der Waals surface area contributed by atoms with Gasteiger partial charge in [-0.25, -0.2) is 9.78 Å². The average molecular weight is 236 g/mol. The fourth-order valence-corrected chi connectivity index (χ4v) is 2.07. The van der Waals surface area contributed by atoms with Crippen LogP contribution in [0, 0.1) is 0 Å². The number of carbonyl (C=O) groups excluding carboxylic acids is 2. The molecule has 0 saturated carbocycles. The van der Waals surface area contributed by atoms with Gasteiger partial charge in [0, 0.05) is 33.0 Å². The third-order valence-electron chi connectivity index (χ3n) is 2.95. The Morgan fingerprint density at radius 3 is 2.76 bits per heavy atom. The molecule has 0 aliphatic carbocycles. The monoisotopic (exact) mass is 236 g/mol. The number of aromatic nitrogens is 2. The zero-order valence-corrected chi connectivity index (χ0v) is 10.0. The first kappa shape index (κ1) is 11.6. The molecule has 0 aromatic carbocycles. The van der Waals surface area contributed by atoms with Gasteiger partial charge >= 0.3 is 6.03 Å². The van der Waals surface area contributed by atoms with Crippen molar-refractivity contribution in [2.75, 3.05) is 20.6 Å². The average Bonchev–Trinajstić information content (AvgIpc) is 2.97. The fraction of sp³-hybridized carbons (Fsp3) is 0.545. The summed E-state index contributed by atoms with van der Waals surface area (Å²) >= 11 is 0. The van der Waals surface area contributed by atoms with Crippen molar-refractivity contribution in [3.05, 3.63) is 18.7 Å². The van der Waals surface area contributed by atoms with Crippen molar-refractivity contribution < 1.29 is 9.59 Å². The quantitative estimate of drug-likeness (QED) is 0.709. The third kappa shape index (κ3) is 2.15. The molecular formula is C11H16N4O2. The molecule has 1 unspecified atom stereocenters. The lowest BCUT2D eigenvalue weighted by Crippen LogP contribution is -2.46. The first-order valence-corrected chi connectivity index (χ1v) is 5.61. The van der Waals surface area contributed by atoms with Gasteiger partial charge in [-0.2, -0.15) is 0 Å². The van der Waals surface area contributed by atoms with Gasteiger partial charge < -0.3 is 9.80 Å². The highest BCUT2D eigenvalue weighted by atomic mass is 16.2. The molecule has 1 aliphatic rings. The van der Waals surface area contributed by atoms with Crippen LogP contribution in [0.1, 0.15) is 12.8 Å². The first-order valence-electron chi connectivity index (χ1n) is 5.61. The Balaban J connectivity index is 2.15. The number of nitrogens with zero attached hydrogens (tertiary/aromatic N) is 4. The lowest BCUT2D eigenvalue weighted by molar-refractivity contribution is -0.132. The molecule has 1 aliphatic heterocycles. The van der Waals surface area contributed by atoms with Crippen molar-refractivity contribution in [3.63, 3.8) is 0 Å². The molecule has 2 amide bonds. The van der Waals surface area contributed by atoms with Crippen molar-refractivity contribution in [2.45, 2.75) is 18.9 Å². The molecule has 1 aromatic heterocycles. The lowest BCUT2D eigenvalue weighted by atomic mass is 10.2. The lowest BCUT2D eigenvalue weighted by Gasteiger charge is -2.25. The van der Waals surface area contributed by atoms with Gasteiger partial charge in [0.25, 0.3) is 0 Å². The zero-order valence-electron chi connectivity index (χ0n) is 10.0. The predicted octanol–water partition coefficient (Wildman–Crippen LogP) is 0.404. The molecule has 1 fully saturated rings. The summed E-state index contributed by atoms with van der Waals surface area (Å²) in [6.45, 7) is 0.626. The van der Waals surface area contributed by atoms with E-state index in [9.17, 15) is 9.59 Å². The molecular weight excluding hydrogens is 220 g/mol. The van der Waals surface area contributed by atoms with Crippen LogP contribution in [-0.2, 0) is 4.79 Å². The maximum atomic E-state index is 12.1. The summed E-state index contributed by atoms with van der Waals surface area (Å²) in [5.41, 5.74) is 0. The number of hydrogen-bond donors (Lipinski definition) is 0. The normalized spacial score (nSPS) is 19.4. The maximum absolute atomic E-state index is 12.1. The molecule has 6 nitrogen and oxygen atoms in total. The van der Waals surface area contributed by atoms with Crippen LogP contribution >= 0.6 is 0 Å². The molecule has 1 aromatic rings. The number of carbonyl (C=O) groups is 2. The summed E-state index contributed by atoms with van der Waals surface area (Å²) in [6, 6.07) is -0.514. The maximum Gasteiger partial charge on any atom is 0.330 e. The van der Waals surface area contributed by atoms with Crippen molar-refractivity contribution >= 4 is 11.9 Å². The third-order valence-corrected chi connectivity index (χ3v) is 2.95. The molecule has 0 N–H and O–H groups in total. The molecule has 92 valence electrons. The number of likely N-dealkylation sites (N-methyl/N-ethyl adjacent to an activating group) is 1. The standard InChI is InChI=1S/C11H16N4O2/c1-13(2)10(16)9-4-3-6-15(9)11(17)14-7-5-12-8-14/h5,7-9H,3-4,6H2,1-2H3. The van der Waals surface area contributed by atoms with Gasteiger partial charge in [0.05, 0.1) is 0 Å². The van der Waals surface area contributed by atoms with Crippen LogP contribution in [0.3, 0.4) is 0 Å². The van der Waals surface area contributed by atoms with Crippen LogP contribution in [0.5, 0.6) is 0 Å². The second kappa shape index (κ2) is 4.57. The van der Waals surface area contributed by atoms with Gasteiger partial charge in [0.1, 0.15) is 12.4 Å². The van der Waals surface area contributed by atoms with E-state index >= 15 is 0 Å². The highest BCUT2D eigenvalue weighted by molar-refractivity contribution is 5.88. The Morgan fingerprint density at radius 1 is 1.41 bits per heavy atom. The SMILES string of the molecule is CN(C)C(=O)C1CCCN1C(=O)n1ccnc1. The molecule has 2 heterocycles. The predicted molar refractivity (Wildman–Crippen MR) is 61.4 cm³/mol. The summed E-state index contributed by atoms with van der Waals surface area (Å²) in [6.07, 6.45) is 6.20. The van der Waals surface area contributed by atoms with Gasteiger partial charge in [0.15, 0.2) is 0 Å². The number of likely N-dealkylation sites (tertiary alicyclic amines) is 1. The topological polar surface area (TPSA) is 58.4 Å². The second-order valence-electron chi connectivity index (χ2n) is 4.34. The van der Waals surface area contributed by atoms with Gasteiger partial charge in [-0.15, -0.1) is 0 Å². The van der Waals surface area contributed by atoms with Crippen molar-refractivity contribution in [1.82, 2.24) is 19.4 Å². The van der Waals surface area contributed by atoms with Crippen LogP contribution in [0.4, 0.5) is 4.79 Å². The van der Waals surface area contributed by atoms with Gasteiger partial charge in [-0.3, -0.25) is 9.36 Å². The van der Waals surface area contributed by atoms with Gasteiger partial charge in [-0.1, -0.05) is 0 Å². The van der Waals surface area contributed by atoms with Crippen molar-refractivity contribution in [3.8, 4) is 0 Å². The first-order chi connectivity index (χ1) is 8.11. The van der Waals surface area contributed by atoms with E-state index < -0.39 is 0 Å². The van der Waals surface area contributed by atoms with Crippen LogP contribution < -0.4 is 0 Å². The molecule has 1 atom stereocenters.